The molecule has 0 atom stereocenters. The van der Waals surface area contributed by atoms with E-state index < -0.39 is 14.6 Å². The number of anilines is 1. The Labute approximate surface area is 191 Å². The molecule has 1 aliphatic heterocycles. The van der Waals surface area contributed by atoms with Crippen LogP contribution in [0.3, 0.4) is 0 Å². The molecule has 1 amide bonds. The first-order chi connectivity index (χ1) is 15.3. The molecule has 2 heterocycles. The Bertz CT molecular complexity index is 1020. The molecule has 7 nitrogen and oxygen atoms in total. The summed E-state index contributed by atoms with van der Waals surface area (Å²) in [7, 11) is 0.304. The molecule has 1 aromatic heterocycles. The Morgan fingerprint density at radius 2 is 1.66 bits per heavy atom. The number of aromatic nitrogens is 1. The number of carbonyl (C=O) groups is 1. The molecule has 0 spiro atoms. The highest BCUT2D eigenvalue weighted by Gasteiger charge is 2.54. The van der Waals surface area contributed by atoms with E-state index >= 15 is 0 Å². The number of pyridine rings is 1. The van der Waals surface area contributed by atoms with Gasteiger partial charge in [0.2, 0.25) is 5.91 Å². The largest absolute Gasteiger partial charge is 0.353 e. The van der Waals surface area contributed by atoms with Crippen LogP contribution in [-0.2, 0) is 21.2 Å². The molecule has 2 fully saturated rings. The van der Waals surface area contributed by atoms with Crippen molar-refractivity contribution in [3.8, 4) is 0 Å². The van der Waals surface area contributed by atoms with Crippen LogP contribution < -0.4 is 4.90 Å². The van der Waals surface area contributed by atoms with Crippen molar-refractivity contribution in [2.75, 3.05) is 45.2 Å². The SMILES string of the molecule is CN(C)Cc1ccc(N2CCN(C(=O)C3(S(=O)(=O)c4ccccc4)CCCC3)CC2)nc1. The Balaban J connectivity index is 1.47. The summed E-state index contributed by atoms with van der Waals surface area (Å²) in [5.74, 6) is 0.667. The normalized spacial score (nSPS) is 18.8. The fraction of sp³-hybridized carbons (Fsp3) is 0.500. The molecule has 0 bridgehead atoms. The summed E-state index contributed by atoms with van der Waals surface area (Å²) in [4.78, 5) is 24.5. The van der Waals surface area contributed by atoms with Crippen molar-refractivity contribution in [3.63, 3.8) is 0 Å². The van der Waals surface area contributed by atoms with Crippen molar-refractivity contribution in [2.45, 2.75) is 41.9 Å². The van der Waals surface area contributed by atoms with E-state index in [1.807, 2.05) is 26.4 Å². The zero-order chi connectivity index (χ0) is 22.8. The molecule has 1 saturated heterocycles. The summed E-state index contributed by atoms with van der Waals surface area (Å²) in [5, 5.41) is 0. The Kier molecular flexibility index (Phi) is 6.53. The van der Waals surface area contributed by atoms with Gasteiger partial charge in [-0.05, 0) is 50.7 Å². The van der Waals surface area contributed by atoms with E-state index in [-0.39, 0.29) is 10.8 Å². The number of piperazine rings is 1. The van der Waals surface area contributed by atoms with Crippen molar-refractivity contribution in [2.24, 2.45) is 0 Å². The first kappa shape index (κ1) is 22.7. The highest BCUT2D eigenvalue weighted by atomic mass is 32.2. The fourth-order valence-corrected chi connectivity index (χ4v) is 7.01. The highest BCUT2D eigenvalue weighted by Crippen LogP contribution is 2.42. The van der Waals surface area contributed by atoms with E-state index in [4.69, 9.17) is 0 Å². The summed E-state index contributed by atoms with van der Waals surface area (Å²) in [6.07, 6.45) is 4.23. The number of hydrogen-bond donors (Lipinski definition) is 0. The predicted octanol–water partition coefficient (Wildman–Crippen LogP) is 2.58. The van der Waals surface area contributed by atoms with Gasteiger partial charge in [0.25, 0.3) is 0 Å². The minimum atomic E-state index is -3.75. The molecule has 8 heteroatoms. The maximum atomic E-state index is 13.6. The summed E-state index contributed by atoms with van der Waals surface area (Å²) in [6, 6.07) is 12.5. The molecule has 32 heavy (non-hydrogen) atoms. The van der Waals surface area contributed by atoms with Crippen LogP contribution in [0.5, 0.6) is 0 Å². The average molecular weight is 457 g/mol. The maximum Gasteiger partial charge on any atom is 0.244 e. The van der Waals surface area contributed by atoms with Gasteiger partial charge < -0.3 is 14.7 Å². The van der Waals surface area contributed by atoms with Gasteiger partial charge in [0.15, 0.2) is 14.6 Å². The summed E-state index contributed by atoms with van der Waals surface area (Å²) < 4.78 is 25.8. The molecule has 0 radical (unpaired) electrons. The summed E-state index contributed by atoms with van der Waals surface area (Å²) in [6.45, 7) is 3.14. The van der Waals surface area contributed by atoms with Gasteiger partial charge >= 0.3 is 0 Å². The lowest BCUT2D eigenvalue weighted by Crippen LogP contribution is -2.57. The van der Waals surface area contributed by atoms with Crippen molar-refractivity contribution < 1.29 is 13.2 Å². The second-order valence-electron chi connectivity index (χ2n) is 9.06. The van der Waals surface area contributed by atoms with Gasteiger partial charge in [-0.15, -0.1) is 0 Å². The minimum absolute atomic E-state index is 0.229. The lowest BCUT2D eigenvalue weighted by Gasteiger charge is -2.39. The molecule has 0 unspecified atom stereocenters. The van der Waals surface area contributed by atoms with Crippen molar-refractivity contribution in [3.05, 3.63) is 54.2 Å². The minimum Gasteiger partial charge on any atom is -0.353 e. The molecule has 2 aliphatic rings. The number of nitrogens with zero attached hydrogens (tertiary/aromatic N) is 4. The van der Waals surface area contributed by atoms with Gasteiger partial charge in [-0.25, -0.2) is 13.4 Å². The standard InChI is InChI=1S/C24H32N4O3S/c1-26(2)19-20-10-11-22(25-18-20)27-14-16-28(17-15-27)23(29)24(12-6-7-13-24)32(30,31)21-8-4-3-5-9-21/h3-5,8-11,18H,6-7,12-17,19H2,1-2H3. The predicted molar refractivity (Wildman–Crippen MR) is 125 cm³/mol. The number of carbonyl (C=O) groups excluding carboxylic acids is 1. The van der Waals surface area contributed by atoms with Crippen molar-refractivity contribution >= 4 is 21.6 Å². The van der Waals surface area contributed by atoms with Crippen LogP contribution in [0.25, 0.3) is 0 Å². The van der Waals surface area contributed by atoms with Crippen LogP contribution in [0.15, 0.2) is 53.6 Å². The third kappa shape index (κ3) is 4.26. The molecule has 0 N–H and O–H groups in total. The van der Waals surface area contributed by atoms with Gasteiger partial charge in [-0.2, -0.15) is 0 Å². The highest BCUT2D eigenvalue weighted by molar-refractivity contribution is 7.93. The Morgan fingerprint density at radius 3 is 2.22 bits per heavy atom. The van der Waals surface area contributed by atoms with Gasteiger partial charge in [0, 0.05) is 38.9 Å². The molecule has 1 aliphatic carbocycles. The van der Waals surface area contributed by atoms with Crippen LogP contribution in [-0.4, -0.2) is 74.1 Å². The molecule has 172 valence electrons. The first-order valence-corrected chi connectivity index (χ1v) is 12.8. The smallest absolute Gasteiger partial charge is 0.244 e. The van der Waals surface area contributed by atoms with E-state index in [0.717, 1.165) is 30.8 Å². The molecule has 4 rings (SSSR count). The molecular weight excluding hydrogens is 424 g/mol. The van der Waals surface area contributed by atoms with Gasteiger partial charge in [-0.3, -0.25) is 4.79 Å². The third-order valence-corrected chi connectivity index (χ3v) is 9.07. The Morgan fingerprint density at radius 1 is 1.00 bits per heavy atom. The van der Waals surface area contributed by atoms with Crippen LogP contribution in [0, 0.1) is 0 Å². The lowest BCUT2D eigenvalue weighted by atomic mass is 10.0. The fourth-order valence-electron chi connectivity index (χ4n) is 4.86. The van der Waals surface area contributed by atoms with Crippen LogP contribution in [0.4, 0.5) is 5.82 Å². The average Bonchev–Trinajstić information content (AvgIpc) is 3.31. The van der Waals surface area contributed by atoms with Gasteiger partial charge in [-0.1, -0.05) is 37.1 Å². The van der Waals surface area contributed by atoms with Crippen LogP contribution >= 0.6 is 0 Å². The molecule has 1 saturated carbocycles. The quantitative estimate of drug-likeness (QED) is 0.665. The maximum absolute atomic E-state index is 13.6. The second kappa shape index (κ2) is 9.19. The third-order valence-electron chi connectivity index (χ3n) is 6.57. The van der Waals surface area contributed by atoms with Crippen molar-refractivity contribution in [1.82, 2.24) is 14.8 Å². The topological polar surface area (TPSA) is 73.8 Å². The summed E-state index contributed by atoms with van der Waals surface area (Å²) >= 11 is 0. The number of hydrogen-bond acceptors (Lipinski definition) is 6. The Hall–Kier alpha value is -2.45. The van der Waals surface area contributed by atoms with E-state index in [1.165, 1.54) is 0 Å². The lowest BCUT2D eigenvalue weighted by molar-refractivity contribution is -0.134. The first-order valence-electron chi connectivity index (χ1n) is 11.3. The molecular formula is C24H32N4O3S. The van der Waals surface area contributed by atoms with Crippen LogP contribution in [0.1, 0.15) is 31.2 Å². The number of amides is 1. The van der Waals surface area contributed by atoms with Crippen LogP contribution in [0.2, 0.25) is 0 Å². The zero-order valence-electron chi connectivity index (χ0n) is 18.9. The monoisotopic (exact) mass is 456 g/mol. The van der Waals surface area contributed by atoms with E-state index in [2.05, 4.69) is 20.9 Å². The van der Waals surface area contributed by atoms with E-state index in [0.29, 0.717) is 39.0 Å². The van der Waals surface area contributed by atoms with E-state index in [1.54, 1.807) is 35.2 Å². The number of benzene rings is 1. The van der Waals surface area contributed by atoms with Gasteiger partial charge in [0.1, 0.15) is 5.82 Å². The second-order valence-corrected chi connectivity index (χ2v) is 11.3. The van der Waals surface area contributed by atoms with Crippen molar-refractivity contribution in [1.29, 1.82) is 0 Å². The number of rotatable bonds is 6. The number of sulfone groups is 1. The van der Waals surface area contributed by atoms with Gasteiger partial charge in [0.05, 0.1) is 4.90 Å². The molecule has 1 aromatic carbocycles. The zero-order valence-corrected chi connectivity index (χ0v) is 19.7. The van der Waals surface area contributed by atoms with E-state index in [9.17, 15) is 13.2 Å². The summed E-state index contributed by atoms with van der Waals surface area (Å²) in [5.41, 5.74) is 1.15. The molecule has 2 aromatic rings.